The van der Waals surface area contributed by atoms with Crippen molar-refractivity contribution in [3.63, 3.8) is 0 Å². The first-order chi connectivity index (χ1) is 12.7. The molecule has 1 heterocycles. The van der Waals surface area contributed by atoms with Gasteiger partial charge < -0.3 is 9.84 Å². The summed E-state index contributed by atoms with van der Waals surface area (Å²) >= 11 is 0. The molecule has 0 spiro atoms. The fourth-order valence-corrected chi connectivity index (χ4v) is 3.81. The minimum Gasteiger partial charge on any atom is -0.508 e. The second-order valence-corrected chi connectivity index (χ2v) is 6.87. The van der Waals surface area contributed by atoms with Gasteiger partial charge in [0.25, 0.3) is 0 Å². The third kappa shape index (κ3) is 4.18. The largest absolute Gasteiger partial charge is 0.508 e. The summed E-state index contributed by atoms with van der Waals surface area (Å²) in [6.45, 7) is 4.77. The molecule has 2 heteroatoms. The molecule has 3 rings (SSSR count). The van der Waals surface area contributed by atoms with Gasteiger partial charge in [-0.05, 0) is 60.4 Å². The van der Waals surface area contributed by atoms with Crippen molar-refractivity contribution in [2.24, 2.45) is 0 Å². The Bertz CT molecular complexity index is 793. The second kappa shape index (κ2) is 8.74. The predicted octanol–water partition coefficient (Wildman–Crippen LogP) is 4.61. The van der Waals surface area contributed by atoms with Crippen LogP contribution in [0.5, 0.6) is 5.75 Å². The van der Waals surface area contributed by atoms with Crippen molar-refractivity contribution < 1.29 is 9.84 Å². The molecule has 1 N–H and O–H groups in total. The number of aromatic hydroxyl groups is 1. The van der Waals surface area contributed by atoms with Gasteiger partial charge in [-0.15, -0.1) is 18.9 Å². The van der Waals surface area contributed by atoms with Gasteiger partial charge in [-0.25, -0.2) is 0 Å². The fourth-order valence-electron chi connectivity index (χ4n) is 3.81. The highest BCUT2D eigenvalue weighted by molar-refractivity contribution is 5.53. The van der Waals surface area contributed by atoms with Crippen molar-refractivity contribution in [2.45, 2.75) is 44.6 Å². The van der Waals surface area contributed by atoms with Crippen LogP contribution in [0.25, 0.3) is 0 Å². The highest BCUT2D eigenvalue weighted by atomic mass is 16.5. The minimum absolute atomic E-state index is 0.237. The van der Waals surface area contributed by atoms with E-state index in [1.807, 2.05) is 30.3 Å². The van der Waals surface area contributed by atoms with Crippen LogP contribution in [0.2, 0.25) is 0 Å². The summed E-state index contributed by atoms with van der Waals surface area (Å²) in [7, 11) is 0. The van der Waals surface area contributed by atoms with E-state index >= 15 is 0 Å². The highest BCUT2D eigenvalue weighted by Crippen LogP contribution is 2.33. The monoisotopic (exact) mass is 346 g/mol. The van der Waals surface area contributed by atoms with E-state index in [1.165, 1.54) is 11.1 Å². The number of ether oxygens (including phenoxy) is 1. The number of terminal acetylenes is 1. The summed E-state index contributed by atoms with van der Waals surface area (Å²) in [5.41, 5.74) is 5.61. The van der Waals surface area contributed by atoms with Gasteiger partial charge in [0, 0.05) is 18.6 Å². The molecule has 0 amide bonds. The molecule has 26 heavy (non-hydrogen) atoms. The van der Waals surface area contributed by atoms with E-state index in [0.29, 0.717) is 12.2 Å². The molecule has 1 atom stereocenters. The number of hydrogen-bond acceptors (Lipinski definition) is 2. The quantitative estimate of drug-likeness (QED) is 0.586. The van der Waals surface area contributed by atoms with Crippen LogP contribution in [0, 0.1) is 12.3 Å². The summed E-state index contributed by atoms with van der Waals surface area (Å²) < 4.78 is 5.83. The van der Waals surface area contributed by atoms with Gasteiger partial charge in [-0.2, -0.15) is 0 Å². The number of rotatable bonds is 7. The Balaban J connectivity index is 2.07. The van der Waals surface area contributed by atoms with E-state index in [1.54, 1.807) is 0 Å². The van der Waals surface area contributed by atoms with Crippen LogP contribution < -0.4 is 0 Å². The van der Waals surface area contributed by atoms with Crippen LogP contribution in [0.15, 0.2) is 49.1 Å². The third-order valence-corrected chi connectivity index (χ3v) is 5.06. The van der Waals surface area contributed by atoms with Crippen molar-refractivity contribution in [1.82, 2.24) is 0 Å². The maximum atomic E-state index is 10.7. The first-order valence-electron chi connectivity index (χ1n) is 9.28. The Kier molecular flexibility index (Phi) is 6.15. The van der Waals surface area contributed by atoms with E-state index < -0.39 is 0 Å². The van der Waals surface area contributed by atoms with Crippen molar-refractivity contribution in [1.29, 1.82) is 0 Å². The maximum absolute atomic E-state index is 10.7. The van der Waals surface area contributed by atoms with Crippen molar-refractivity contribution in [3.8, 4) is 18.1 Å². The zero-order valence-electron chi connectivity index (χ0n) is 15.2. The molecule has 1 unspecified atom stereocenters. The Morgan fingerprint density at radius 3 is 2.69 bits per heavy atom. The van der Waals surface area contributed by atoms with E-state index in [-0.39, 0.29) is 6.10 Å². The van der Waals surface area contributed by atoms with Crippen molar-refractivity contribution in [3.05, 3.63) is 76.9 Å². The standard InChI is InChI=1S/C24H26O2/c1-3-9-21-19(16-20-13-8-14-26-20)17-24(25)22(10-4-2)23(21)15-18-11-6-5-7-12-18/h2-3,5-7,11-12,17,20,25H,1,8-10,13-16H2. The lowest BCUT2D eigenvalue weighted by molar-refractivity contribution is 0.111. The first-order valence-corrected chi connectivity index (χ1v) is 9.28. The van der Waals surface area contributed by atoms with Gasteiger partial charge in [0.2, 0.25) is 0 Å². The van der Waals surface area contributed by atoms with E-state index in [2.05, 4.69) is 24.6 Å². The number of phenols is 1. The van der Waals surface area contributed by atoms with Crippen LogP contribution in [-0.2, 0) is 30.4 Å². The average molecular weight is 346 g/mol. The molecule has 1 fully saturated rings. The lowest BCUT2D eigenvalue weighted by Crippen LogP contribution is -2.13. The third-order valence-electron chi connectivity index (χ3n) is 5.06. The zero-order chi connectivity index (χ0) is 18.4. The second-order valence-electron chi connectivity index (χ2n) is 6.87. The maximum Gasteiger partial charge on any atom is 0.120 e. The Hall–Kier alpha value is -2.50. The molecule has 2 aromatic carbocycles. The van der Waals surface area contributed by atoms with Crippen LogP contribution in [0.1, 0.15) is 40.7 Å². The van der Waals surface area contributed by atoms with Gasteiger partial charge in [-0.3, -0.25) is 0 Å². The minimum atomic E-state index is 0.237. The lowest BCUT2D eigenvalue weighted by atomic mass is 9.86. The van der Waals surface area contributed by atoms with Crippen molar-refractivity contribution >= 4 is 0 Å². The number of phenolic OH excluding ortho intramolecular Hbond substituents is 1. The van der Waals surface area contributed by atoms with Crippen LogP contribution in [0.3, 0.4) is 0 Å². The molecule has 0 saturated carbocycles. The summed E-state index contributed by atoms with van der Waals surface area (Å²) in [5.74, 6) is 3.00. The molecular weight excluding hydrogens is 320 g/mol. The van der Waals surface area contributed by atoms with E-state index in [4.69, 9.17) is 11.2 Å². The molecule has 2 nitrogen and oxygen atoms in total. The SMILES string of the molecule is C#CCc1c(O)cc(CC2CCCO2)c(CC=C)c1Cc1ccccc1. The number of hydrogen-bond donors (Lipinski definition) is 1. The van der Waals surface area contributed by atoms with Gasteiger partial charge >= 0.3 is 0 Å². The summed E-state index contributed by atoms with van der Waals surface area (Å²) in [6, 6.07) is 12.2. The number of benzene rings is 2. The van der Waals surface area contributed by atoms with Gasteiger partial charge in [0.05, 0.1) is 6.10 Å². The van der Waals surface area contributed by atoms with E-state index in [0.717, 1.165) is 55.4 Å². The fraction of sp³-hybridized carbons (Fsp3) is 0.333. The lowest BCUT2D eigenvalue weighted by Gasteiger charge is -2.21. The Morgan fingerprint density at radius 2 is 2.04 bits per heavy atom. The predicted molar refractivity (Wildman–Crippen MR) is 106 cm³/mol. The van der Waals surface area contributed by atoms with Gasteiger partial charge in [0.1, 0.15) is 5.75 Å². The Labute approximate surface area is 156 Å². The summed E-state index contributed by atoms with van der Waals surface area (Å²) in [4.78, 5) is 0. The molecule has 0 aliphatic carbocycles. The molecule has 134 valence electrons. The first kappa shape index (κ1) is 18.3. The summed E-state index contributed by atoms with van der Waals surface area (Å²) in [5, 5.41) is 10.7. The number of allylic oxidation sites excluding steroid dienone is 1. The van der Waals surface area contributed by atoms with Crippen LogP contribution in [0.4, 0.5) is 0 Å². The molecule has 0 radical (unpaired) electrons. The topological polar surface area (TPSA) is 29.5 Å². The molecule has 1 saturated heterocycles. The van der Waals surface area contributed by atoms with Crippen LogP contribution >= 0.6 is 0 Å². The smallest absolute Gasteiger partial charge is 0.120 e. The normalized spacial score (nSPS) is 16.3. The Morgan fingerprint density at radius 1 is 1.23 bits per heavy atom. The van der Waals surface area contributed by atoms with Gasteiger partial charge in [0.15, 0.2) is 0 Å². The highest BCUT2D eigenvalue weighted by Gasteiger charge is 2.22. The summed E-state index contributed by atoms with van der Waals surface area (Å²) in [6.07, 6.45) is 12.7. The van der Waals surface area contributed by atoms with E-state index in [9.17, 15) is 5.11 Å². The molecule has 2 aromatic rings. The molecular formula is C24H26O2. The molecule has 0 aromatic heterocycles. The van der Waals surface area contributed by atoms with Crippen LogP contribution in [-0.4, -0.2) is 17.8 Å². The average Bonchev–Trinajstić information content (AvgIpc) is 3.15. The van der Waals surface area contributed by atoms with Gasteiger partial charge in [-0.1, -0.05) is 36.4 Å². The molecule has 1 aliphatic heterocycles. The molecule has 0 bridgehead atoms. The zero-order valence-corrected chi connectivity index (χ0v) is 15.2. The molecule has 1 aliphatic rings. The van der Waals surface area contributed by atoms with Crippen molar-refractivity contribution in [2.75, 3.05) is 6.61 Å².